The fourth-order valence-electron chi connectivity index (χ4n) is 2.44. The zero-order valence-corrected chi connectivity index (χ0v) is 9.78. The van der Waals surface area contributed by atoms with Gasteiger partial charge in [0, 0.05) is 12.7 Å². The van der Waals surface area contributed by atoms with Gasteiger partial charge in [-0.3, -0.25) is 0 Å². The van der Waals surface area contributed by atoms with E-state index in [1.165, 1.54) is 38.5 Å². The number of nitrogens with zero attached hydrogens (tertiary/aromatic N) is 1. The van der Waals surface area contributed by atoms with Gasteiger partial charge < -0.3 is 11.1 Å². The Morgan fingerprint density at radius 1 is 1.31 bits per heavy atom. The molecule has 0 amide bonds. The molecule has 1 heterocycles. The topological polar surface area (TPSA) is 50.9 Å². The Hall–Kier alpha value is -1.25. The predicted molar refractivity (Wildman–Crippen MR) is 68.3 cm³/mol. The summed E-state index contributed by atoms with van der Waals surface area (Å²) >= 11 is 0. The third kappa shape index (κ3) is 3.12. The van der Waals surface area contributed by atoms with E-state index < -0.39 is 0 Å². The van der Waals surface area contributed by atoms with Crippen LogP contribution in [0.3, 0.4) is 0 Å². The molecule has 2 rings (SSSR count). The van der Waals surface area contributed by atoms with Crippen molar-refractivity contribution in [1.82, 2.24) is 4.98 Å². The van der Waals surface area contributed by atoms with Crippen LogP contribution in [-0.2, 0) is 0 Å². The van der Waals surface area contributed by atoms with Gasteiger partial charge in [-0.15, -0.1) is 0 Å². The highest BCUT2D eigenvalue weighted by Crippen LogP contribution is 2.26. The fourth-order valence-corrected chi connectivity index (χ4v) is 2.44. The summed E-state index contributed by atoms with van der Waals surface area (Å²) in [5.74, 6) is 1.74. The number of hydrogen-bond donors (Lipinski definition) is 2. The lowest BCUT2D eigenvalue weighted by molar-refractivity contribution is 0.345. The number of hydrogen-bond acceptors (Lipinski definition) is 3. The second-order valence-electron chi connectivity index (χ2n) is 4.66. The highest BCUT2D eigenvalue weighted by Gasteiger charge is 2.12. The normalized spacial score (nSPS) is 17.2. The molecule has 3 nitrogen and oxygen atoms in total. The Labute approximate surface area is 97.5 Å². The Bertz CT molecular complexity index is 319. The molecule has 1 saturated carbocycles. The molecule has 0 spiro atoms. The average Bonchev–Trinajstić information content (AvgIpc) is 2.33. The highest BCUT2D eigenvalue weighted by atomic mass is 15.0. The van der Waals surface area contributed by atoms with Crippen molar-refractivity contribution in [3.63, 3.8) is 0 Å². The first kappa shape index (κ1) is 11.2. The third-order valence-electron chi connectivity index (χ3n) is 3.41. The van der Waals surface area contributed by atoms with Crippen LogP contribution < -0.4 is 11.1 Å². The SMILES string of the molecule is Nc1cccnc1NCCC1CCCCC1. The minimum atomic E-state index is 0.742. The van der Waals surface area contributed by atoms with Gasteiger partial charge in [0.1, 0.15) is 5.82 Å². The standard InChI is InChI=1S/C13H21N3/c14-12-7-4-9-15-13(12)16-10-8-11-5-2-1-3-6-11/h4,7,9,11H,1-3,5-6,8,10,14H2,(H,15,16). The first-order chi connectivity index (χ1) is 7.86. The Morgan fingerprint density at radius 2 is 2.12 bits per heavy atom. The quantitative estimate of drug-likeness (QED) is 0.818. The molecule has 1 aliphatic carbocycles. The third-order valence-corrected chi connectivity index (χ3v) is 3.41. The zero-order valence-electron chi connectivity index (χ0n) is 9.78. The van der Waals surface area contributed by atoms with Crippen molar-refractivity contribution in [3.05, 3.63) is 18.3 Å². The van der Waals surface area contributed by atoms with E-state index >= 15 is 0 Å². The van der Waals surface area contributed by atoms with Gasteiger partial charge in [-0.05, 0) is 24.5 Å². The Kier molecular flexibility index (Phi) is 4.03. The molecule has 0 aliphatic heterocycles. The molecule has 0 atom stereocenters. The van der Waals surface area contributed by atoms with Crippen LogP contribution in [0.1, 0.15) is 38.5 Å². The first-order valence-corrected chi connectivity index (χ1v) is 6.30. The van der Waals surface area contributed by atoms with Gasteiger partial charge in [0.25, 0.3) is 0 Å². The zero-order chi connectivity index (χ0) is 11.2. The number of anilines is 2. The van der Waals surface area contributed by atoms with Crippen LogP contribution >= 0.6 is 0 Å². The Balaban J connectivity index is 1.73. The largest absolute Gasteiger partial charge is 0.396 e. The molecule has 1 aromatic heterocycles. The van der Waals surface area contributed by atoms with E-state index in [1.54, 1.807) is 6.20 Å². The lowest BCUT2D eigenvalue weighted by atomic mass is 9.87. The molecular weight excluding hydrogens is 198 g/mol. The van der Waals surface area contributed by atoms with E-state index in [4.69, 9.17) is 5.73 Å². The van der Waals surface area contributed by atoms with Gasteiger partial charge in [-0.2, -0.15) is 0 Å². The molecule has 16 heavy (non-hydrogen) atoms. The molecular formula is C13H21N3. The smallest absolute Gasteiger partial charge is 0.149 e. The molecule has 1 aromatic rings. The number of aromatic nitrogens is 1. The average molecular weight is 219 g/mol. The number of nitrogens with one attached hydrogen (secondary N) is 1. The minimum Gasteiger partial charge on any atom is -0.396 e. The number of rotatable bonds is 4. The second kappa shape index (κ2) is 5.73. The van der Waals surface area contributed by atoms with Gasteiger partial charge >= 0.3 is 0 Å². The maximum absolute atomic E-state index is 5.81. The van der Waals surface area contributed by atoms with E-state index in [0.717, 1.165) is 24.0 Å². The molecule has 0 bridgehead atoms. The van der Waals surface area contributed by atoms with E-state index in [9.17, 15) is 0 Å². The fraction of sp³-hybridized carbons (Fsp3) is 0.615. The van der Waals surface area contributed by atoms with Crippen LogP contribution in [0.15, 0.2) is 18.3 Å². The molecule has 88 valence electrons. The Morgan fingerprint density at radius 3 is 2.88 bits per heavy atom. The summed E-state index contributed by atoms with van der Waals surface area (Å²) < 4.78 is 0. The van der Waals surface area contributed by atoms with Crippen LogP contribution in [0, 0.1) is 5.92 Å². The molecule has 1 fully saturated rings. The van der Waals surface area contributed by atoms with Crippen molar-refractivity contribution in [2.75, 3.05) is 17.6 Å². The van der Waals surface area contributed by atoms with Crippen molar-refractivity contribution in [3.8, 4) is 0 Å². The van der Waals surface area contributed by atoms with Crippen LogP contribution in [-0.4, -0.2) is 11.5 Å². The van der Waals surface area contributed by atoms with Gasteiger partial charge in [0.05, 0.1) is 5.69 Å². The van der Waals surface area contributed by atoms with Gasteiger partial charge in [0.2, 0.25) is 0 Å². The van der Waals surface area contributed by atoms with E-state index in [1.807, 2.05) is 12.1 Å². The van der Waals surface area contributed by atoms with Crippen LogP contribution in [0.4, 0.5) is 11.5 Å². The molecule has 0 unspecified atom stereocenters. The number of nitrogen functional groups attached to an aromatic ring is 1. The summed E-state index contributed by atoms with van der Waals surface area (Å²) in [6.07, 6.45) is 10.1. The van der Waals surface area contributed by atoms with Crippen molar-refractivity contribution in [1.29, 1.82) is 0 Å². The van der Waals surface area contributed by atoms with E-state index in [-0.39, 0.29) is 0 Å². The van der Waals surface area contributed by atoms with Crippen molar-refractivity contribution >= 4 is 11.5 Å². The summed E-state index contributed by atoms with van der Waals surface area (Å²) in [4.78, 5) is 4.22. The van der Waals surface area contributed by atoms with Crippen molar-refractivity contribution in [2.45, 2.75) is 38.5 Å². The van der Waals surface area contributed by atoms with Gasteiger partial charge in [-0.1, -0.05) is 32.1 Å². The summed E-state index contributed by atoms with van der Waals surface area (Å²) in [5.41, 5.74) is 6.56. The van der Waals surface area contributed by atoms with Gasteiger partial charge in [-0.25, -0.2) is 4.98 Å². The van der Waals surface area contributed by atoms with Crippen LogP contribution in [0.2, 0.25) is 0 Å². The molecule has 3 heteroatoms. The van der Waals surface area contributed by atoms with E-state index in [0.29, 0.717) is 0 Å². The lowest BCUT2D eigenvalue weighted by Gasteiger charge is -2.21. The number of nitrogens with two attached hydrogens (primary N) is 1. The van der Waals surface area contributed by atoms with Crippen LogP contribution in [0.5, 0.6) is 0 Å². The minimum absolute atomic E-state index is 0.742. The maximum Gasteiger partial charge on any atom is 0.149 e. The maximum atomic E-state index is 5.81. The molecule has 3 N–H and O–H groups in total. The highest BCUT2D eigenvalue weighted by molar-refractivity contribution is 5.60. The lowest BCUT2D eigenvalue weighted by Crippen LogP contribution is -2.13. The van der Waals surface area contributed by atoms with Crippen molar-refractivity contribution in [2.24, 2.45) is 5.92 Å². The van der Waals surface area contributed by atoms with Gasteiger partial charge in [0.15, 0.2) is 0 Å². The molecule has 0 radical (unpaired) electrons. The predicted octanol–water partition coefficient (Wildman–Crippen LogP) is 3.05. The van der Waals surface area contributed by atoms with Crippen LogP contribution in [0.25, 0.3) is 0 Å². The summed E-state index contributed by atoms with van der Waals surface area (Å²) in [6.45, 7) is 0.992. The second-order valence-corrected chi connectivity index (χ2v) is 4.66. The monoisotopic (exact) mass is 219 g/mol. The summed E-state index contributed by atoms with van der Waals surface area (Å²) in [7, 11) is 0. The van der Waals surface area contributed by atoms with Crippen molar-refractivity contribution < 1.29 is 0 Å². The summed E-state index contributed by atoms with van der Waals surface area (Å²) in [6, 6.07) is 3.75. The molecule has 0 aromatic carbocycles. The number of pyridine rings is 1. The summed E-state index contributed by atoms with van der Waals surface area (Å²) in [5, 5.41) is 3.32. The first-order valence-electron chi connectivity index (χ1n) is 6.30. The molecule has 1 aliphatic rings. The van der Waals surface area contributed by atoms with E-state index in [2.05, 4.69) is 10.3 Å². The molecule has 0 saturated heterocycles.